The molecule has 3 heteroatoms. The van der Waals surface area contributed by atoms with Crippen molar-refractivity contribution in [3.8, 4) is 0 Å². The van der Waals surface area contributed by atoms with Gasteiger partial charge in [0.1, 0.15) is 5.82 Å². The van der Waals surface area contributed by atoms with E-state index in [0.29, 0.717) is 10.0 Å². The highest BCUT2D eigenvalue weighted by Crippen LogP contribution is 2.20. The van der Waals surface area contributed by atoms with Crippen LogP contribution in [0.2, 0.25) is 0 Å². The Morgan fingerprint density at radius 1 is 1.53 bits per heavy atom. The van der Waals surface area contributed by atoms with E-state index in [1.54, 1.807) is 18.2 Å². The Morgan fingerprint density at radius 3 is 2.67 bits per heavy atom. The van der Waals surface area contributed by atoms with Crippen molar-refractivity contribution in [1.82, 2.24) is 0 Å². The van der Waals surface area contributed by atoms with Gasteiger partial charge in [0.05, 0.1) is 6.61 Å². The van der Waals surface area contributed by atoms with Gasteiger partial charge >= 0.3 is 0 Å². The molecule has 0 spiro atoms. The predicted molar refractivity (Wildman–Crippen MR) is 64.0 cm³/mol. The van der Waals surface area contributed by atoms with Crippen molar-refractivity contribution in [2.45, 2.75) is 13.8 Å². The Hall–Kier alpha value is -0.670. The summed E-state index contributed by atoms with van der Waals surface area (Å²) in [4.78, 5) is 0. The van der Waals surface area contributed by atoms with Crippen molar-refractivity contribution in [3.05, 3.63) is 39.6 Å². The Labute approximate surface area is 97.8 Å². The second kappa shape index (κ2) is 5.42. The minimum atomic E-state index is -0.282. The van der Waals surface area contributed by atoms with Gasteiger partial charge in [0, 0.05) is 10.0 Å². The van der Waals surface area contributed by atoms with Gasteiger partial charge in [0.15, 0.2) is 0 Å². The number of rotatable bonds is 3. The lowest BCUT2D eigenvalue weighted by atomic mass is 10.0. The maximum Gasteiger partial charge on any atom is 0.131 e. The van der Waals surface area contributed by atoms with Crippen molar-refractivity contribution in [3.63, 3.8) is 0 Å². The number of hydrogen-bond acceptors (Lipinski definition) is 1. The number of benzene rings is 1. The molecule has 82 valence electrons. The SMILES string of the molecule is CC(C)C(=Cc1ccc(Br)cc1F)CO. The third-order valence-electron chi connectivity index (χ3n) is 2.23. The van der Waals surface area contributed by atoms with E-state index in [4.69, 9.17) is 5.11 Å². The molecule has 1 rings (SSSR count). The number of halogens is 2. The van der Waals surface area contributed by atoms with Crippen LogP contribution in [0.1, 0.15) is 19.4 Å². The summed E-state index contributed by atoms with van der Waals surface area (Å²) in [5.74, 6) is -0.0611. The van der Waals surface area contributed by atoms with E-state index >= 15 is 0 Å². The molecule has 1 aromatic carbocycles. The molecule has 0 bridgehead atoms. The van der Waals surface area contributed by atoms with Crippen molar-refractivity contribution in [2.24, 2.45) is 5.92 Å². The molecule has 0 radical (unpaired) electrons. The molecule has 0 atom stereocenters. The topological polar surface area (TPSA) is 20.2 Å². The van der Waals surface area contributed by atoms with Gasteiger partial charge < -0.3 is 5.11 Å². The average molecular weight is 273 g/mol. The molecule has 1 aromatic rings. The quantitative estimate of drug-likeness (QED) is 0.891. The molecule has 0 aliphatic heterocycles. The molecular weight excluding hydrogens is 259 g/mol. The van der Waals surface area contributed by atoms with Crippen LogP contribution in [0.4, 0.5) is 4.39 Å². The van der Waals surface area contributed by atoms with E-state index in [1.165, 1.54) is 6.07 Å². The Morgan fingerprint density at radius 2 is 2.20 bits per heavy atom. The minimum Gasteiger partial charge on any atom is -0.392 e. The molecule has 0 aliphatic rings. The van der Waals surface area contributed by atoms with Gasteiger partial charge in [-0.3, -0.25) is 0 Å². The summed E-state index contributed by atoms with van der Waals surface area (Å²) in [5, 5.41) is 9.10. The Bertz CT molecular complexity index is 372. The van der Waals surface area contributed by atoms with E-state index in [-0.39, 0.29) is 18.3 Å². The van der Waals surface area contributed by atoms with Gasteiger partial charge in [-0.25, -0.2) is 4.39 Å². The molecule has 0 fully saturated rings. The molecule has 1 N–H and O–H groups in total. The van der Waals surface area contributed by atoms with Crippen LogP contribution in [-0.2, 0) is 0 Å². The molecule has 15 heavy (non-hydrogen) atoms. The van der Waals surface area contributed by atoms with E-state index in [9.17, 15) is 4.39 Å². The van der Waals surface area contributed by atoms with Crippen LogP contribution in [0.3, 0.4) is 0 Å². The Balaban J connectivity index is 3.06. The Kier molecular flexibility index (Phi) is 4.48. The fraction of sp³-hybridized carbons (Fsp3) is 0.333. The summed E-state index contributed by atoms with van der Waals surface area (Å²) in [6.45, 7) is 3.91. The fourth-order valence-electron chi connectivity index (χ4n) is 1.21. The van der Waals surface area contributed by atoms with Crippen LogP contribution in [0.5, 0.6) is 0 Å². The molecule has 0 heterocycles. The summed E-state index contributed by atoms with van der Waals surface area (Å²) in [6.07, 6.45) is 1.70. The highest BCUT2D eigenvalue weighted by atomic mass is 79.9. The van der Waals surface area contributed by atoms with Crippen molar-refractivity contribution in [2.75, 3.05) is 6.61 Å². The third kappa shape index (κ3) is 3.43. The standard InChI is InChI=1S/C12H14BrFO/c1-8(2)10(7-15)5-9-3-4-11(13)6-12(9)14/h3-6,8,15H,7H2,1-2H3. The van der Waals surface area contributed by atoms with Crippen LogP contribution in [-0.4, -0.2) is 11.7 Å². The first-order valence-corrected chi connectivity index (χ1v) is 5.60. The van der Waals surface area contributed by atoms with Crippen LogP contribution in [0, 0.1) is 11.7 Å². The maximum absolute atomic E-state index is 13.5. The normalized spacial score (nSPS) is 12.3. The number of aliphatic hydroxyl groups excluding tert-OH is 1. The molecular formula is C12H14BrFO. The van der Waals surface area contributed by atoms with Gasteiger partial charge in [0.2, 0.25) is 0 Å². The van der Waals surface area contributed by atoms with Gasteiger partial charge in [-0.05, 0) is 23.6 Å². The molecule has 1 nitrogen and oxygen atoms in total. The van der Waals surface area contributed by atoms with Crippen molar-refractivity contribution < 1.29 is 9.50 Å². The molecule has 0 aliphatic carbocycles. The molecule has 0 amide bonds. The van der Waals surface area contributed by atoms with Gasteiger partial charge in [-0.2, -0.15) is 0 Å². The lowest BCUT2D eigenvalue weighted by Gasteiger charge is -2.08. The minimum absolute atomic E-state index is 0.0346. The van der Waals surface area contributed by atoms with Crippen LogP contribution >= 0.6 is 15.9 Å². The number of aliphatic hydroxyl groups is 1. The number of hydrogen-bond donors (Lipinski definition) is 1. The fourth-order valence-corrected chi connectivity index (χ4v) is 1.55. The van der Waals surface area contributed by atoms with E-state index in [0.717, 1.165) is 5.57 Å². The van der Waals surface area contributed by atoms with Crippen molar-refractivity contribution >= 4 is 22.0 Å². The lowest BCUT2D eigenvalue weighted by Crippen LogP contribution is -1.99. The van der Waals surface area contributed by atoms with Gasteiger partial charge in [0.25, 0.3) is 0 Å². The first kappa shape index (κ1) is 12.4. The van der Waals surface area contributed by atoms with Crippen LogP contribution in [0.15, 0.2) is 28.2 Å². The highest BCUT2D eigenvalue weighted by molar-refractivity contribution is 9.10. The van der Waals surface area contributed by atoms with E-state index < -0.39 is 0 Å². The van der Waals surface area contributed by atoms with E-state index in [1.807, 2.05) is 13.8 Å². The first-order valence-electron chi connectivity index (χ1n) is 4.81. The summed E-state index contributed by atoms with van der Waals surface area (Å²) in [6, 6.07) is 4.89. The average Bonchev–Trinajstić information content (AvgIpc) is 2.16. The summed E-state index contributed by atoms with van der Waals surface area (Å²) in [5.41, 5.74) is 1.34. The second-order valence-corrected chi connectivity index (χ2v) is 4.61. The summed E-state index contributed by atoms with van der Waals surface area (Å²) < 4.78 is 14.2. The lowest BCUT2D eigenvalue weighted by molar-refractivity contribution is 0.320. The monoisotopic (exact) mass is 272 g/mol. The van der Waals surface area contributed by atoms with Crippen LogP contribution in [0.25, 0.3) is 6.08 Å². The molecule has 0 unspecified atom stereocenters. The predicted octanol–water partition coefficient (Wildman–Crippen LogP) is 3.62. The first-order chi connectivity index (χ1) is 7.04. The zero-order chi connectivity index (χ0) is 11.4. The van der Waals surface area contributed by atoms with Gasteiger partial charge in [-0.1, -0.05) is 41.9 Å². The van der Waals surface area contributed by atoms with Crippen molar-refractivity contribution in [1.29, 1.82) is 0 Å². The zero-order valence-corrected chi connectivity index (χ0v) is 10.4. The largest absolute Gasteiger partial charge is 0.392 e. The summed E-state index contributed by atoms with van der Waals surface area (Å²) in [7, 11) is 0. The zero-order valence-electron chi connectivity index (χ0n) is 8.80. The van der Waals surface area contributed by atoms with Crippen LogP contribution < -0.4 is 0 Å². The maximum atomic E-state index is 13.5. The smallest absolute Gasteiger partial charge is 0.131 e. The molecule has 0 saturated carbocycles. The summed E-state index contributed by atoms with van der Waals surface area (Å²) >= 11 is 3.20. The second-order valence-electron chi connectivity index (χ2n) is 3.70. The third-order valence-corrected chi connectivity index (χ3v) is 2.72. The van der Waals surface area contributed by atoms with Gasteiger partial charge in [-0.15, -0.1) is 0 Å². The molecule has 0 saturated heterocycles. The highest BCUT2D eigenvalue weighted by Gasteiger charge is 2.05. The van der Waals surface area contributed by atoms with E-state index in [2.05, 4.69) is 15.9 Å². The molecule has 0 aromatic heterocycles.